The van der Waals surface area contributed by atoms with E-state index in [9.17, 15) is 10.1 Å². The van der Waals surface area contributed by atoms with Gasteiger partial charge in [0.2, 0.25) is 4.77 Å². The number of H-pyrrole nitrogens is 1. The molecule has 0 aliphatic rings. The zero-order valence-corrected chi connectivity index (χ0v) is 14.4. The van der Waals surface area contributed by atoms with Crippen LogP contribution in [0.2, 0.25) is 0 Å². The first-order valence-electron chi connectivity index (χ1n) is 7.68. The van der Waals surface area contributed by atoms with E-state index >= 15 is 0 Å². The third-order valence-electron chi connectivity index (χ3n) is 3.27. The van der Waals surface area contributed by atoms with Gasteiger partial charge in [0, 0.05) is 18.1 Å². The molecule has 0 saturated carbocycles. The summed E-state index contributed by atoms with van der Waals surface area (Å²) in [7, 11) is 0. The summed E-state index contributed by atoms with van der Waals surface area (Å²) in [5.41, 5.74) is 0.484. The van der Waals surface area contributed by atoms with Gasteiger partial charge in [0.25, 0.3) is 0 Å². The van der Waals surface area contributed by atoms with Crippen LogP contribution < -0.4 is 4.74 Å². The Labute approximate surface area is 144 Å². The number of ether oxygens (including phenoxy) is 1. The van der Waals surface area contributed by atoms with Crippen LogP contribution in [0.1, 0.15) is 38.1 Å². The van der Waals surface area contributed by atoms with Gasteiger partial charge in [-0.15, -0.1) is 0 Å². The van der Waals surface area contributed by atoms with Crippen LogP contribution in [0.4, 0.5) is 5.69 Å². The number of aromatic nitrogens is 3. The molecule has 24 heavy (non-hydrogen) atoms. The zero-order valence-electron chi connectivity index (χ0n) is 13.6. The van der Waals surface area contributed by atoms with Gasteiger partial charge >= 0.3 is 5.69 Å². The van der Waals surface area contributed by atoms with Crippen LogP contribution in [-0.4, -0.2) is 32.6 Å². The Morgan fingerprint density at radius 3 is 2.96 bits per heavy atom. The van der Waals surface area contributed by atoms with E-state index in [-0.39, 0.29) is 11.4 Å². The third kappa shape index (κ3) is 4.25. The van der Waals surface area contributed by atoms with E-state index in [2.05, 4.69) is 22.2 Å². The summed E-state index contributed by atoms with van der Waals surface area (Å²) in [5, 5.41) is 22.3. The molecule has 1 N–H and O–H groups in total. The van der Waals surface area contributed by atoms with E-state index in [0.29, 0.717) is 16.9 Å². The summed E-state index contributed by atoms with van der Waals surface area (Å²) in [6.45, 7) is 4.23. The van der Waals surface area contributed by atoms with Crippen molar-refractivity contribution in [3.05, 3.63) is 44.5 Å². The minimum atomic E-state index is -0.474. The van der Waals surface area contributed by atoms with Crippen molar-refractivity contribution in [3.8, 4) is 5.75 Å². The van der Waals surface area contributed by atoms with Crippen LogP contribution in [0, 0.1) is 14.9 Å². The molecule has 1 heterocycles. The molecule has 128 valence electrons. The first kappa shape index (κ1) is 17.8. The summed E-state index contributed by atoms with van der Waals surface area (Å²) in [5.74, 6) is 0.974. The molecule has 9 heteroatoms. The van der Waals surface area contributed by atoms with Gasteiger partial charge in [0.05, 0.1) is 17.7 Å². The molecule has 2 rings (SSSR count). The standard InChI is InChI=1S/C15H19N5O3S/c1-3-5-6-14-17-18-15(24)19(14)16-10-11-7-8-13(23-4-2)12(9-11)20(21)22/h7-10H,3-6H2,1-2H3,(H,18,24)/b16-10-. The minimum absolute atomic E-state index is 0.0946. The highest BCUT2D eigenvalue weighted by Gasteiger charge is 2.15. The van der Waals surface area contributed by atoms with Crippen LogP contribution in [0.5, 0.6) is 5.75 Å². The number of aromatic amines is 1. The van der Waals surface area contributed by atoms with Crippen molar-refractivity contribution in [1.29, 1.82) is 0 Å². The second-order valence-corrected chi connectivity index (χ2v) is 5.41. The number of nitrogens with zero attached hydrogens (tertiary/aromatic N) is 4. The van der Waals surface area contributed by atoms with E-state index in [4.69, 9.17) is 17.0 Å². The number of hydrogen-bond acceptors (Lipinski definition) is 6. The van der Waals surface area contributed by atoms with Crippen LogP contribution in [0.15, 0.2) is 23.3 Å². The molecule has 0 aliphatic carbocycles. The first-order chi connectivity index (χ1) is 11.6. The molecular formula is C15H19N5O3S. The molecular weight excluding hydrogens is 330 g/mol. The number of benzene rings is 1. The fourth-order valence-electron chi connectivity index (χ4n) is 2.10. The normalized spacial score (nSPS) is 11.1. The Balaban J connectivity index is 2.29. The Bertz CT molecular complexity index is 797. The quantitative estimate of drug-likeness (QED) is 0.340. The highest BCUT2D eigenvalue weighted by molar-refractivity contribution is 7.71. The molecule has 0 spiro atoms. The summed E-state index contributed by atoms with van der Waals surface area (Å²) in [4.78, 5) is 10.7. The van der Waals surface area contributed by atoms with Crippen molar-refractivity contribution in [2.45, 2.75) is 33.1 Å². The molecule has 8 nitrogen and oxygen atoms in total. The molecule has 1 aromatic heterocycles. The lowest BCUT2D eigenvalue weighted by atomic mass is 10.2. The highest BCUT2D eigenvalue weighted by Crippen LogP contribution is 2.27. The minimum Gasteiger partial charge on any atom is -0.487 e. The van der Waals surface area contributed by atoms with Crippen LogP contribution in [0.25, 0.3) is 0 Å². The van der Waals surface area contributed by atoms with Gasteiger partial charge in [0.1, 0.15) is 0 Å². The van der Waals surface area contributed by atoms with Crippen molar-refractivity contribution in [3.63, 3.8) is 0 Å². The fraction of sp³-hybridized carbons (Fsp3) is 0.400. The van der Waals surface area contributed by atoms with E-state index in [1.807, 2.05) is 0 Å². The monoisotopic (exact) mass is 349 g/mol. The molecule has 0 amide bonds. The number of nitrogens with one attached hydrogen (secondary N) is 1. The average molecular weight is 349 g/mol. The molecule has 0 atom stereocenters. The van der Waals surface area contributed by atoms with Crippen molar-refractivity contribution in [1.82, 2.24) is 14.9 Å². The van der Waals surface area contributed by atoms with Crippen molar-refractivity contribution in [2.75, 3.05) is 6.61 Å². The van der Waals surface area contributed by atoms with Gasteiger partial charge in [-0.1, -0.05) is 13.3 Å². The van der Waals surface area contributed by atoms with Crippen molar-refractivity contribution >= 4 is 24.1 Å². The van der Waals surface area contributed by atoms with Crippen molar-refractivity contribution < 1.29 is 9.66 Å². The smallest absolute Gasteiger partial charge is 0.311 e. The number of hydrogen-bond donors (Lipinski definition) is 1. The zero-order chi connectivity index (χ0) is 17.5. The topological polar surface area (TPSA) is 98.3 Å². The number of nitro benzene ring substituents is 1. The molecule has 0 fully saturated rings. The number of rotatable bonds is 8. The molecule has 0 radical (unpaired) electrons. The lowest BCUT2D eigenvalue weighted by molar-refractivity contribution is -0.385. The predicted molar refractivity (Wildman–Crippen MR) is 93.3 cm³/mol. The van der Waals surface area contributed by atoms with Crippen molar-refractivity contribution in [2.24, 2.45) is 5.10 Å². The van der Waals surface area contributed by atoms with Gasteiger partial charge in [0.15, 0.2) is 11.6 Å². The van der Waals surface area contributed by atoms with Crippen LogP contribution in [-0.2, 0) is 6.42 Å². The summed E-state index contributed by atoms with van der Waals surface area (Å²) < 4.78 is 7.18. The number of nitro groups is 1. The Hall–Kier alpha value is -2.55. The highest BCUT2D eigenvalue weighted by atomic mass is 32.1. The largest absolute Gasteiger partial charge is 0.487 e. The van der Waals surface area contributed by atoms with Gasteiger partial charge in [-0.25, -0.2) is 0 Å². The fourth-order valence-corrected chi connectivity index (χ4v) is 2.30. The predicted octanol–water partition coefficient (Wildman–Crippen LogP) is 3.47. The molecule has 1 aromatic carbocycles. The molecule has 0 unspecified atom stereocenters. The van der Waals surface area contributed by atoms with Crippen LogP contribution >= 0.6 is 12.2 Å². The van der Waals surface area contributed by atoms with E-state index in [1.54, 1.807) is 19.1 Å². The Morgan fingerprint density at radius 2 is 2.29 bits per heavy atom. The molecule has 0 saturated heterocycles. The second kappa shape index (κ2) is 8.34. The molecule has 0 bridgehead atoms. The average Bonchev–Trinajstić information content (AvgIpc) is 2.92. The number of unbranched alkanes of at least 4 members (excludes halogenated alkanes) is 1. The van der Waals surface area contributed by atoms with Gasteiger partial charge in [-0.05, 0) is 37.7 Å². The lowest BCUT2D eigenvalue weighted by Gasteiger charge is -2.04. The maximum Gasteiger partial charge on any atom is 0.311 e. The molecule has 0 aliphatic heterocycles. The second-order valence-electron chi connectivity index (χ2n) is 5.02. The summed E-state index contributed by atoms with van der Waals surface area (Å²) >= 11 is 5.16. The summed E-state index contributed by atoms with van der Waals surface area (Å²) in [6.07, 6.45) is 4.28. The van der Waals surface area contributed by atoms with E-state index in [1.165, 1.54) is 17.0 Å². The van der Waals surface area contributed by atoms with Gasteiger partial charge < -0.3 is 4.74 Å². The Morgan fingerprint density at radius 1 is 1.50 bits per heavy atom. The number of aryl methyl sites for hydroxylation is 1. The Kier molecular flexibility index (Phi) is 6.19. The van der Waals surface area contributed by atoms with E-state index < -0.39 is 4.92 Å². The SMILES string of the molecule is CCCCc1n[nH]c(=S)n1/N=C\c1ccc(OCC)c([N+](=O)[O-])c1. The molecule has 2 aromatic rings. The van der Waals surface area contributed by atoms with Gasteiger partial charge in [-0.3, -0.25) is 15.2 Å². The maximum absolute atomic E-state index is 11.2. The third-order valence-corrected chi connectivity index (χ3v) is 3.54. The van der Waals surface area contributed by atoms with Crippen LogP contribution in [0.3, 0.4) is 0 Å². The maximum atomic E-state index is 11.2. The first-order valence-corrected chi connectivity index (χ1v) is 8.09. The lowest BCUT2D eigenvalue weighted by Crippen LogP contribution is -2.00. The van der Waals surface area contributed by atoms with Gasteiger partial charge in [-0.2, -0.15) is 14.9 Å². The summed E-state index contributed by atoms with van der Waals surface area (Å²) in [6, 6.07) is 4.69. The van der Waals surface area contributed by atoms with E-state index in [0.717, 1.165) is 25.1 Å².